The van der Waals surface area contributed by atoms with Gasteiger partial charge in [-0.3, -0.25) is 15.5 Å². The number of nitrogens with zero attached hydrogens (tertiary/aromatic N) is 4. The summed E-state index contributed by atoms with van der Waals surface area (Å²) in [5.74, 6) is -0.714. The standard InChI is InChI=1S/C38H48F2N6O9/c1-20-23(17-42-31-30(20)46(13-14-51-31)35(50)55-38(8,9)10)22-15-21-16-27(41-18-24(21)29(28(22)40)44-33(48)53-36(2,3)4)43-32(47)52-26-11-12-45(19-25(26)39)34(49)54-37(5,6)7/h15-18,25-26H,11-14,19H2,1-10H3,(H,44,48)(H,41,43,47). The Balaban J connectivity index is 1.47. The van der Waals surface area contributed by atoms with Crippen LogP contribution in [0.25, 0.3) is 21.9 Å². The van der Waals surface area contributed by atoms with Crippen LogP contribution in [0, 0.1) is 12.7 Å². The lowest BCUT2D eigenvalue weighted by atomic mass is 9.96. The number of likely N-dealkylation sites (tertiary alicyclic amines) is 1. The number of anilines is 3. The summed E-state index contributed by atoms with van der Waals surface area (Å²) in [5.41, 5.74) is -1.74. The number of rotatable bonds is 4. The zero-order valence-corrected chi connectivity index (χ0v) is 32.7. The van der Waals surface area contributed by atoms with Gasteiger partial charge in [0.25, 0.3) is 0 Å². The molecule has 2 N–H and O–H groups in total. The van der Waals surface area contributed by atoms with Gasteiger partial charge in [0.2, 0.25) is 5.88 Å². The molecule has 15 nitrogen and oxygen atoms in total. The van der Waals surface area contributed by atoms with Crippen LogP contribution in [-0.4, -0.2) is 94.6 Å². The maximum atomic E-state index is 16.7. The highest BCUT2D eigenvalue weighted by atomic mass is 19.1. The van der Waals surface area contributed by atoms with Crippen molar-refractivity contribution in [1.29, 1.82) is 0 Å². The highest BCUT2D eigenvalue weighted by Crippen LogP contribution is 2.42. The minimum absolute atomic E-state index is 0.0159. The lowest BCUT2D eigenvalue weighted by molar-refractivity contribution is -0.0213. The van der Waals surface area contributed by atoms with Crippen molar-refractivity contribution >= 4 is 52.3 Å². The number of fused-ring (bicyclic) bond motifs is 2. The van der Waals surface area contributed by atoms with Crippen LogP contribution in [-0.2, 0) is 18.9 Å². The van der Waals surface area contributed by atoms with Crippen molar-refractivity contribution in [3.05, 3.63) is 35.9 Å². The first-order chi connectivity index (χ1) is 25.5. The van der Waals surface area contributed by atoms with Crippen molar-refractivity contribution < 1.29 is 51.6 Å². The average Bonchev–Trinajstić information content (AvgIpc) is 3.04. The fraction of sp³-hybridized carbons (Fsp3) is 0.526. The van der Waals surface area contributed by atoms with Gasteiger partial charge in [0, 0.05) is 41.9 Å². The molecular formula is C38H48F2N6O9. The van der Waals surface area contributed by atoms with E-state index >= 15 is 8.78 Å². The molecule has 2 unspecified atom stereocenters. The van der Waals surface area contributed by atoms with Crippen LogP contribution in [0.15, 0.2) is 24.5 Å². The fourth-order valence-corrected chi connectivity index (χ4v) is 5.95. The van der Waals surface area contributed by atoms with Gasteiger partial charge in [-0.2, -0.15) is 0 Å². The van der Waals surface area contributed by atoms with E-state index in [9.17, 15) is 19.2 Å². The molecule has 2 aliphatic rings. The van der Waals surface area contributed by atoms with Crippen LogP contribution in [0.3, 0.4) is 0 Å². The third kappa shape index (κ3) is 9.99. The molecule has 0 saturated carbocycles. The third-order valence-electron chi connectivity index (χ3n) is 8.21. The number of carbonyl (C=O) groups is 4. The van der Waals surface area contributed by atoms with Gasteiger partial charge in [-0.15, -0.1) is 0 Å². The number of amides is 4. The van der Waals surface area contributed by atoms with Crippen LogP contribution >= 0.6 is 0 Å². The predicted octanol–water partition coefficient (Wildman–Crippen LogP) is 8.12. The first-order valence-corrected chi connectivity index (χ1v) is 17.8. The molecule has 1 aromatic carbocycles. The Labute approximate surface area is 318 Å². The summed E-state index contributed by atoms with van der Waals surface area (Å²) in [5, 5.41) is 5.46. The second kappa shape index (κ2) is 15.3. The number of nitrogens with one attached hydrogen (secondary N) is 2. The van der Waals surface area contributed by atoms with Gasteiger partial charge in [0.05, 0.1) is 18.8 Å². The number of carbonyl (C=O) groups excluding carboxylic acids is 4. The Kier molecular flexibility index (Phi) is 11.3. The van der Waals surface area contributed by atoms with E-state index in [0.29, 0.717) is 16.6 Å². The Morgan fingerprint density at radius 2 is 1.49 bits per heavy atom. The molecule has 55 heavy (non-hydrogen) atoms. The summed E-state index contributed by atoms with van der Waals surface area (Å²) in [4.78, 5) is 62.8. The maximum absolute atomic E-state index is 16.7. The molecular weight excluding hydrogens is 722 g/mol. The van der Waals surface area contributed by atoms with Gasteiger partial charge < -0.3 is 28.6 Å². The van der Waals surface area contributed by atoms with Crippen molar-refractivity contribution in [3.63, 3.8) is 0 Å². The number of hydrogen-bond acceptors (Lipinski definition) is 11. The number of pyridine rings is 2. The first kappa shape index (κ1) is 40.7. The van der Waals surface area contributed by atoms with Gasteiger partial charge >= 0.3 is 24.4 Å². The largest absolute Gasteiger partial charge is 0.474 e. The molecule has 0 radical (unpaired) electrons. The van der Waals surface area contributed by atoms with E-state index in [1.807, 2.05) is 0 Å². The van der Waals surface area contributed by atoms with Crippen molar-refractivity contribution in [1.82, 2.24) is 14.9 Å². The van der Waals surface area contributed by atoms with Crippen molar-refractivity contribution in [2.75, 3.05) is 41.8 Å². The monoisotopic (exact) mass is 770 g/mol. The van der Waals surface area contributed by atoms with Crippen LogP contribution in [0.4, 0.5) is 45.2 Å². The normalized spacial score (nSPS) is 17.5. The van der Waals surface area contributed by atoms with E-state index in [1.165, 1.54) is 34.3 Å². The molecule has 3 aromatic rings. The first-order valence-electron chi connectivity index (χ1n) is 17.8. The lowest BCUT2D eigenvalue weighted by Crippen LogP contribution is -2.50. The van der Waals surface area contributed by atoms with E-state index < -0.39 is 59.3 Å². The minimum Gasteiger partial charge on any atom is -0.474 e. The maximum Gasteiger partial charge on any atom is 0.415 e. The molecule has 2 atom stereocenters. The van der Waals surface area contributed by atoms with Gasteiger partial charge in [-0.1, -0.05) is 0 Å². The predicted molar refractivity (Wildman–Crippen MR) is 200 cm³/mol. The molecule has 0 aliphatic carbocycles. The Morgan fingerprint density at radius 3 is 2.13 bits per heavy atom. The number of benzene rings is 1. The smallest absolute Gasteiger partial charge is 0.415 e. The third-order valence-corrected chi connectivity index (χ3v) is 8.21. The van der Waals surface area contributed by atoms with Gasteiger partial charge in [-0.25, -0.2) is 37.9 Å². The second-order valence-electron chi connectivity index (χ2n) is 16.3. The Hall–Kier alpha value is -5.48. The SMILES string of the molecule is Cc1c(-c2cc3cc(NC(=O)OC4CCN(C(=O)OC(C)(C)C)CC4F)ncc3c(NC(=O)OC(C)(C)C)c2F)cnc2c1N(C(=O)OC(C)(C)C)CCO2. The zero-order chi connectivity index (χ0) is 40.6. The minimum atomic E-state index is -1.67. The highest BCUT2D eigenvalue weighted by Gasteiger charge is 2.36. The van der Waals surface area contributed by atoms with E-state index in [2.05, 4.69) is 20.6 Å². The molecule has 1 saturated heterocycles. The van der Waals surface area contributed by atoms with E-state index in [1.54, 1.807) is 69.2 Å². The number of alkyl halides is 1. The summed E-state index contributed by atoms with van der Waals surface area (Å²) in [6.07, 6.45) is -3.37. The average molecular weight is 771 g/mol. The van der Waals surface area contributed by atoms with Crippen LogP contribution < -0.4 is 20.3 Å². The Bertz CT molecular complexity index is 1990. The van der Waals surface area contributed by atoms with Crippen LogP contribution in [0.1, 0.15) is 74.3 Å². The molecule has 5 rings (SSSR count). The second-order valence-corrected chi connectivity index (χ2v) is 16.3. The number of piperidine rings is 1. The molecule has 17 heteroatoms. The van der Waals surface area contributed by atoms with Crippen molar-refractivity contribution in [2.45, 2.75) is 105 Å². The molecule has 0 bridgehead atoms. The molecule has 0 spiro atoms. The summed E-state index contributed by atoms with van der Waals surface area (Å²) in [6.45, 7) is 17.1. The summed E-state index contributed by atoms with van der Waals surface area (Å²) in [7, 11) is 0. The number of aromatic nitrogens is 2. The summed E-state index contributed by atoms with van der Waals surface area (Å²) < 4.78 is 59.3. The highest BCUT2D eigenvalue weighted by molar-refractivity contribution is 6.05. The topological polar surface area (TPSA) is 171 Å². The van der Waals surface area contributed by atoms with Crippen LogP contribution in [0.5, 0.6) is 5.88 Å². The van der Waals surface area contributed by atoms with E-state index in [4.69, 9.17) is 23.7 Å². The van der Waals surface area contributed by atoms with Crippen molar-refractivity contribution in [2.24, 2.45) is 0 Å². The lowest BCUT2D eigenvalue weighted by Gasteiger charge is -2.35. The number of ether oxygens (including phenoxy) is 5. The quantitative estimate of drug-likeness (QED) is 0.246. The number of hydrogen-bond donors (Lipinski definition) is 2. The fourth-order valence-electron chi connectivity index (χ4n) is 5.95. The summed E-state index contributed by atoms with van der Waals surface area (Å²) in [6, 6.07) is 2.90. The molecule has 1 fully saturated rings. The van der Waals surface area contributed by atoms with Gasteiger partial charge in [0.1, 0.15) is 41.0 Å². The molecule has 298 valence electrons. The molecule has 2 aromatic heterocycles. The van der Waals surface area contributed by atoms with E-state index in [-0.39, 0.29) is 66.6 Å². The van der Waals surface area contributed by atoms with E-state index in [0.717, 1.165) is 0 Å². The summed E-state index contributed by atoms with van der Waals surface area (Å²) >= 11 is 0. The number of halogens is 2. The van der Waals surface area contributed by atoms with Gasteiger partial charge in [-0.05, 0) is 92.3 Å². The Morgan fingerprint density at radius 1 is 0.836 bits per heavy atom. The zero-order valence-electron chi connectivity index (χ0n) is 32.7. The molecule has 4 amide bonds. The van der Waals surface area contributed by atoms with Crippen molar-refractivity contribution in [3.8, 4) is 17.0 Å². The molecule has 2 aliphatic heterocycles. The van der Waals surface area contributed by atoms with Crippen LogP contribution in [0.2, 0.25) is 0 Å². The van der Waals surface area contributed by atoms with Gasteiger partial charge in [0.15, 0.2) is 12.0 Å². The molecule has 4 heterocycles.